The topological polar surface area (TPSA) is 108 Å². The molecule has 0 radical (unpaired) electrons. The first-order valence-corrected chi connectivity index (χ1v) is 11.1. The molecule has 2 aromatic rings. The average molecular weight is 429 g/mol. The van der Waals surface area contributed by atoms with Gasteiger partial charge in [-0.2, -0.15) is 0 Å². The number of fused-ring (bicyclic) bond motifs is 1. The lowest BCUT2D eigenvalue weighted by molar-refractivity contribution is -0.137. The van der Waals surface area contributed by atoms with Crippen molar-refractivity contribution in [2.75, 3.05) is 13.1 Å². The van der Waals surface area contributed by atoms with Crippen molar-refractivity contribution in [2.24, 2.45) is 5.92 Å². The first-order chi connectivity index (χ1) is 14.4. The van der Waals surface area contributed by atoms with Crippen LogP contribution in [-0.4, -0.2) is 49.3 Å². The van der Waals surface area contributed by atoms with Crippen LogP contribution < -0.4 is 10.3 Å². The van der Waals surface area contributed by atoms with E-state index in [9.17, 15) is 19.8 Å². The average Bonchev–Trinajstić information content (AvgIpc) is 3.49. The summed E-state index contributed by atoms with van der Waals surface area (Å²) in [6.45, 7) is 1.21. The third-order valence-electron chi connectivity index (χ3n) is 6.18. The van der Waals surface area contributed by atoms with E-state index in [1.165, 1.54) is 22.8 Å². The summed E-state index contributed by atoms with van der Waals surface area (Å²) in [6.07, 6.45) is 4.35. The molecule has 5 rings (SSSR count). The molecule has 0 bridgehead atoms. The number of phenolic OH excluding ortho intramolecular Hbond substituents is 1. The van der Waals surface area contributed by atoms with Gasteiger partial charge in [-0.3, -0.25) is 14.2 Å². The number of aromatic nitrogens is 2. The zero-order chi connectivity index (χ0) is 20.9. The standard InChI is InChI=1S/C21H24N4O4S/c26-15-3-1-2-14(10-15)16-17-18(30-23-16)20(28)25(12-22-17)11-21(29)6-8-24(9-7-21)19(27)13-4-5-13/h1-3,10,12-13,16,23,26,29H,4-9,11H2. The van der Waals surface area contributed by atoms with Gasteiger partial charge in [0.2, 0.25) is 5.91 Å². The van der Waals surface area contributed by atoms with Crippen molar-refractivity contribution in [3.05, 3.63) is 52.2 Å². The summed E-state index contributed by atoms with van der Waals surface area (Å²) in [7, 11) is 0. The van der Waals surface area contributed by atoms with Gasteiger partial charge in [-0.05, 0) is 55.3 Å². The molecular weight excluding hydrogens is 404 g/mol. The molecule has 1 saturated carbocycles. The lowest BCUT2D eigenvalue weighted by Crippen LogP contribution is -2.50. The van der Waals surface area contributed by atoms with Gasteiger partial charge < -0.3 is 15.1 Å². The number of phenols is 1. The lowest BCUT2D eigenvalue weighted by atomic mass is 9.91. The highest BCUT2D eigenvalue weighted by molar-refractivity contribution is 7.97. The molecule has 3 aliphatic rings. The molecule has 1 amide bonds. The summed E-state index contributed by atoms with van der Waals surface area (Å²) in [6, 6.07) is 6.60. The Morgan fingerprint density at radius 1 is 1.30 bits per heavy atom. The van der Waals surface area contributed by atoms with Crippen LogP contribution in [0.2, 0.25) is 0 Å². The summed E-state index contributed by atoms with van der Waals surface area (Å²) in [4.78, 5) is 32.1. The Bertz CT molecular complexity index is 1040. The number of benzene rings is 1. The van der Waals surface area contributed by atoms with Crippen molar-refractivity contribution >= 4 is 17.9 Å². The van der Waals surface area contributed by atoms with Gasteiger partial charge in [0.05, 0.1) is 30.2 Å². The van der Waals surface area contributed by atoms with E-state index < -0.39 is 5.60 Å². The number of nitrogens with zero attached hydrogens (tertiary/aromatic N) is 3. The fourth-order valence-electron chi connectivity index (χ4n) is 4.21. The predicted octanol–water partition coefficient (Wildman–Crippen LogP) is 1.41. The number of carbonyl (C=O) groups is 1. The molecule has 3 N–H and O–H groups in total. The van der Waals surface area contributed by atoms with Crippen molar-refractivity contribution in [2.45, 2.75) is 48.8 Å². The normalized spacial score (nSPS) is 22.7. The molecule has 158 valence electrons. The van der Waals surface area contributed by atoms with Crippen LogP contribution in [0.1, 0.15) is 43.0 Å². The van der Waals surface area contributed by atoms with Gasteiger partial charge in [-0.1, -0.05) is 12.1 Å². The fourth-order valence-corrected chi connectivity index (χ4v) is 5.17. The summed E-state index contributed by atoms with van der Waals surface area (Å²) >= 11 is 1.23. The van der Waals surface area contributed by atoms with Crippen LogP contribution in [-0.2, 0) is 11.3 Å². The number of piperidine rings is 1. The van der Waals surface area contributed by atoms with Gasteiger partial charge in [-0.25, -0.2) is 9.71 Å². The largest absolute Gasteiger partial charge is 0.508 e. The quantitative estimate of drug-likeness (QED) is 0.632. The maximum Gasteiger partial charge on any atom is 0.268 e. The molecule has 1 aromatic heterocycles. The van der Waals surface area contributed by atoms with E-state index in [1.54, 1.807) is 18.2 Å². The van der Waals surface area contributed by atoms with Gasteiger partial charge in [0, 0.05) is 19.0 Å². The Balaban J connectivity index is 1.32. The van der Waals surface area contributed by atoms with Crippen molar-refractivity contribution in [1.29, 1.82) is 0 Å². The SMILES string of the molecule is O=C(C1CC1)N1CCC(O)(Cn2cnc3c(c2=O)SNC3c2cccc(O)c2)CC1. The molecule has 1 atom stereocenters. The van der Waals surface area contributed by atoms with Gasteiger partial charge in [0.15, 0.2) is 0 Å². The highest BCUT2D eigenvalue weighted by Gasteiger charge is 2.39. The van der Waals surface area contributed by atoms with Crippen LogP contribution in [0.3, 0.4) is 0 Å². The number of aromatic hydroxyl groups is 1. The number of likely N-dealkylation sites (tertiary alicyclic amines) is 1. The van der Waals surface area contributed by atoms with Gasteiger partial charge in [0.1, 0.15) is 10.6 Å². The lowest BCUT2D eigenvalue weighted by Gasteiger charge is -2.38. The minimum atomic E-state index is -1.03. The molecule has 1 aromatic carbocycles. The zero-order valence-electron chi connectivity index (χ0n) is 16.5. The summed E-state index contributed by atoms with van der Waals surface area (Å²) in [5.41, 5.74) is 0.243. The third kappa shape index (κ3) is 3.61. The highest BCUT2D eigenvalue weighted by atomic mass is 32.2. The van der Waals surface area contributed by atoms with Crippen LogP contribution >= 0.6 is 11.9 Å². The van der Waals surface area contributed by atoms with E-state index in [1.807, 2.05) is 11.0 Å². The molecule has 3 heterocycles. The molecule has 2 aliphatic heterocycles. The van der Waals surface area contributed by atoms with Crippen molar-refractivity contribution in [3.63, 3.8) is 0 Å². The second kappa shape index (κ2) is 7.40. The van der Waals surface area contributed by atoms with E-state index >= 15 is 0 Å². The fraction of sp³-hybridized carbons (Fsp3) is 0.476. The smallest absolute Gasteiger partial charge is 0.268 e. The second-order valence-corrected chi connectivity index (χ2v) is 9.31. The highest BCUT2D eigenvalue weighted by Crippen LogP contribution is 2.36. The minimum Gasteiger partial charge on any atom is -0.508 e. The van der Waals surface area contributed by atoms with Crippen LogP contribution in [0.5, 0.6) is 5.75 Å². The maximum atomic E-state index is 13.0. The number of nitrogens with one attached hydrogen (secondary N) is 1. The van der Waals surface area contributed by atoms with Crippen molar-refractivity contribution in [3.8, 4) is 5.75 Å². The first-order valence-electron chi connectivity index (χ1n) is 10.3. The molecule has 1 aliphatic carbocycles. The molecule has 8 nitrogen and oxygen atoms in total. The van der Waals surface area contributed by atoms with E-state index in [0.717, 1.165) is 18.4 Å². The maximum absolute atomic E-state index is 13.0. The van der Waals surface area contributed by atoms with E-state index in [2.05, 4.69) is 9.71 Å². The molecule has 0 spiro atoms. The number of rotatable bonds is 4. The van der Waals surface area contributed by atoms with Crippen molar-refractivity contribution < 1.29 is 15.0 Å². The molecule has 1 saturated heterocycles. The zero-order valence-corrected chi connectivity index (χ0v) is 17.3. The number of carbonyl (C=O) groups excluding carboxylic acids is 1. The van der Waals surface area contributed by atoms with Gasteiger partial charge in [-0.15, -0.1) is 0 Å². The predicted molar refractivity (Wildman–Crippen MR) is 111 cm³/mol. The van der Waals surface area contributed by atoms with Crippen LogP contribution in [0.25, 0.3) is 0 Å². The summed E-state index contributed by atoms with van der Waals surface area (Å²) in [5.74, 6) is 0.549. The Kier molecular flexibility index (Phi) is 4.83. The first kappa shape index (κ1) is 19.6. The Morgan fingerprint density at radius 2 is 2.07 bits per heavy atom. The minimum absolute atomic E-state index is 0.162. The van der Waals surface area contributed by atoms with Crippen molar-refractivity contribution in [1.82, 2.24) is 19.2 Å². The number of aliphatic hydroxyl groups is 1. The second-order valence-electron chi connectivity index (χ2n) is 8.46. The molecule has 1 unspecified atom stereocenters. The van der Waals surface area contributed by atoms with E-state index in [4.69, 9.17) is 0 Å². The summed E-state index contributed by atoms with van der Waals surface area (Å²) < 4.78 is 4.67. The van der Waals surface area contributed by atoms with E-state index in [-0.39, 0.29) is 35.7 Å². The van der Waals surface area contributed by atoms with E-state index in [0.29, 0.717) is 36.5 Å². The van der Waals surface area contributed by atoms with Gasteiger partial charge in [0.25, 0.3) is 5.56 Å². The van der Waals surface area contributed by atoms with Crippen LogP contribution in [0.15, 0.2) is 40.3 Å². The van der Waals surface area contributed by atoms with Gasteiger partial charge >= 0.3 is 0 Å². The van der Waals surface area contributed by atoms with Crippen LogP contribution in [0, 0.1) is 5.92 Å². The third-order valence-corrected chi connectivity index (χ3v) is 7.12. The number of hydrogen-bond acceptors (Lipinski definition) is 7. The molecule has 30 heavy (non-hydrogen) atoms. The monoisotopic (exact) mass is 428 g/mol. The number of hydrogen-bond donors (Lipinski definition) is 3. The molecule has 2 fully saturated rings. The van der Waals surface area contributed by atoms with Crippen LogP contribution in [0.4, 0.5) is 0 Å². The summed E-state index contributed by atoms with van der Waals surface area (Å²) in [5, 5.41) is 20.8. The molecular formula is C21H24N4O4S. The Labute approximate surface area is 178 Å². The Hall–Kier alpha value is -2.36. The number of amides is 1. The molecule has 9 heteroatoms. The Morgan fingerprint density at radius 3 is 2.77 bits per heavy atom.